The Morgan fingerprint density at radius 3 is 2.13 bits per heavy atom. The molecule has 1 amide bonds. The number of hydrogen-bond acceptors (Lipinski definition) is 4. The Balaban J connectivity index is 2.06. The average Bonchev–Trinajstić information content (AvgIpc) is 2.85. The average molecular weight is 324 g/mol. The summed E-state index contributed by atoms with van der Waals surface area (Å²) < 4.78 is 5.40. The molecule has 4 atom stereocenters. The van der Waals surface area contributed by atoms with Gasteiger partial charge in [-0.25, -0.2) is 0 Å². The van der Waals surface area contributed by atoms with E-state index in [9.17, 15) is 9.59 Å². The fourth-order valence-electron chi connectivity index (χ4n) is 4.12. The fourth-order valence-corrected chi connectivity index (χ4v) is 4.12. The van der Waals surface area contributed by atoms with Crippen molar-refractivity contribution in [1.29, 1.82) is 0 Å². The van der Waals surface area contributed by atoms with Crippen LogP contribution < -0.4 is 5.73 Å². The Bertz CT molecular complexity index is 428. The lowest BCUT2D eigenvalue weighted by Gasteiger charge is -2.31. The lowest BCUT2D eigenvalue weighted by atomic mass is 9.82. The second-order valence-electron chi connectivity index (χ2n) is 8.27. The summed E-state index contributed by atoms with van der Waals surface area (Å²) in [7, 11) is 0. The molecule has 0 aromatic carbocycles. The molecular formula is C18H32N2O3. The fraction of sp³-hybridized carbons (Fsp3) is 0.889. The maximum atomic E-state index is 12.5. The first kappa shape index (κ1) is 18.2. The second-order valence-corrected chi connectivity index (χ2v) is 8.27. The van der Waals surface area contributed by atoms with Gasteiger partial charge in [0.25, 0.3) is 0 Å². The van der Waals surface area contributed by atoms with E-state index in [-0.39, 0.29) is 24.5 Å². The zero-order valence-electron chi connectivity index (χ0n) is 15.0. The monoisotopic (exact) mass is 324 g/mol. The van der Waals surface area contributed by atoms with Crippen LogP contribution in [0.25, 0.3) is 0 Å². The van der Waals surface area contributed by atoms with Crippen LogP contribution in [0.4, 0.5) is 0 Å². The van der Waals surface area contributed by atoms with Gasteiger partial charge in [0.1, 0.15) is 12.1 Å². The predicted molar refractivity (Wildman–Crippen MR) is 89.7 cm³/mol. The third-order valence-corrected chi connectivity index (χ3v) is 5.05. The lowest BCUT2D eigenvalue weighted by molar-refractivity contribution is -0.160. The molecule has 2 N–H and O–H groups in total. The van der Waals surface area contributed by atoms with E-state index >= 15 is 0 Å². The van der Waals surface area contributed by atoms with Crippen LogP contribution in [0.3, 0.4) is 0 Å². The molecular weight excluding hydrogens is 292 g/mol. The van der Waals surface area contributed by atoms with Crippen LogP contribution in [-0.2, 0) is 14.3 Å². The molecule has 0 heterocycles. The van der Waals surface area contributed by atoms with Crippen LogP contribution in [0.1, 0.15) is 66.2 Å². The maximum Gasteiger partial charge on any atom is 0.326 e. The molecule has 2 saturated carbocycles. The Morgan fingerprint density at radius 1 is 1.17 bits per heavy atom. The predicted octanol–water partition coefficient (Wildman–Crippen LogP) is 2.47. The van der Waals surface area contributed by atoms with Gasteiger partial charge in [0.05, 0.1) is 6.04 Å². The molecule has 5 nitrogen and oxygen atoms in total. The number of carbonyl (C=O) groups is 2. The molecule has 0 radical (unpaired) electrons. The molecule has 0 aromatic heterocycles. The van der Waals surface area contributed by atoms with Crippen LogP contribution in [0, 0.1) is 11.8 Å². The minimum absolute atomic E-state index is 0.0156. The first-order valence-electron chi connectivity index (χ1n) is 8.95. The topological polar surface area (TPSA) is 72.6 Å². The molecule has 5 heteroatoms. The van der Waals surface area contributed by atoms with Gasteiger partial charge < -0.3 is 15.4 Å². The molecule has 0 aromatic rings. The summed E-state index contributed by atoms with van der Waals surface area (Å²) in [6.45, 7) is 7.22. The standard InChI is InChI=1S/C18H32N2O3/c1-12(19)17(22)20(11-16(21)23-18(2,3)4)15-9-13-7-5-6-8-14(13)10-15/h12-15H,5-11,19H2,1-4H3/t12-,13-,14+,15?/m0/s1. The second kappa shape index (κ2) is 7.20. The molecule has 2 aliphatic rings. The van der Waals surface area contributed by atoms with Gasteiger partial charge in [-0.1, -0.05) is 25.7 Å². The van der Waals surface area contributed by atoms with Gasteiger partial charge in [0, 0.05) is 6.04 Å². The van der Waals surface area contributed by atoms with Crippen molar-refractivity contribution in [3.8, 4) is 0 Å². The molecule has 1 unspecified atom stereocenters. The number of fused-ring (bicyclic) bond motifs is 1. The molecule has 2 aliphatic carbocycles. The van der Waals surface area contributed by atoms with Crippen LogP contribution in [0.5, 0.6) is 0 Å². The third kappa shape index (κ3) is 4.93. The summed E-state index contributed by atoms with van der Waals surface area (Å²) in [5.74, 6) is 0.924. The van der Waals surface area contributed by atoms with Gasteiger partial charge in [0.15, 0.2) is 0 Å². The summed E-state index contributed by atoms with van der Waals surface area (Å²) in [5.41, 5.74) is 5.27. The Labute approximate surface area is 139 Å². The van der Waals surface area contributed by atoms with Crippen molar-refractivity contribution < 1.29 is 14.3 Å². The molecule has 0 saturated heterocycles. The van der Waals surface area contributed by atoms with Gasteiger partial charge in [-0.05, 0) is 52.4 Å². The smallest absolute Gasteiger partial charge is 0.326 e. The van der Waals surface area contributed by atoms with Gasteiger partial charge in [-0.3, -0.25) is 9.59 Å². The number of hydrogen-bond donors (Lipinski definition) is 1. The van der Waals surface area contributed by atoms with E-state index in [1.165, 1.54) is 25.7 Å². The van der Waals surface area contributed by atoms with E-state index in [2.05, 4.69) is 0 Å². The largest absolute Gasteiger partial charge is 0.459 e. The number of esters is 1. The van der Waals surface area contributed by atoms with E-state index in [1.807, 2.05) is 20.8 Å². The van der Waals surface area contributed by atoms with Gasteiger partial charge in [0.2, 0.25) is 5.91 Å². The van der Waals surface area contributed by atoms with Crippen LogP contribution in [0.15, 0.2) is 0 Å². The number of carbonyl (C=O) groups excluding carboxylic acids is 2. The number of ether oxygens (including phenoxy) is 1. The number of nitrogens with zero attached hydrogens (tertiary/aromatic N) is 1. The summed E-state index contributed by atoms with van der Waals surface area (Å²) >= 11 is 0. The van der Waals surface area contributed by atoms with Gasteiger partial charge in [-0.2, -0.15) is 0 Å². The van der Waals surface area contributed by atoms with E-state index in [1.54, 1.807) is 11.8 Å². The van der Waals surface area contributed by atoms with E-state index in [0.29, 0.717) is 11.8 Å². The molecule has 0 bridgehead atoms. The zero-order valence-corrected chi connectivity index (χ0v) is 15.0. The highest BCUT2D eigenvalue weighted by molar-refractivity contribution is 5.85. The normalized spacial score (nSPS) is 28.8. The highest BCUT2D eigenvalue weighted by Crippen LogP contribution is 2.44. The Kier molecular flexibility index (Phi) is 5.71. The van der Waals surface area contributed by atoms with Gasteiger partial charge in [-0.15, -0.1) is 0 Å². The quantitative estimate of drug-likeness (QED) is 0.806. The minimum atomic E-state index is -0.583. The summed E-state index contributed by atoms with van der Waals surface area (Å²) in [6.07, 6.45) is 7.11. The van der Waals surface area contributed by atoms with Crippen molar-refractivity contribution >= 4 is 11.9 Å². The van der Waals surface area contributed by atoms with Crippen LogP contribution in [0.2, 0.25) is 0 Å². The first-order valence-corrected chi connectivity index (χ1v) is 8.95. The molecule has 2 fully saturated rings. The Hall–Kier alpha value is -1.10. The number of nitrogens with two attached hydrogens (primary N) is 1. The van der Waals surface area contributed by atoms with Crippen LogP contribution in [-0.4, -0.2) is 41.0 Å². The molecule has 0 spiro atoms. The SMILES string of the molecule is C[C@H](N)C(=O)N(CC(=O)OC(C)(C)C)C1C[C@H]2CCCC[C@H]2C1. The van der Waals surface area contributed by atoms with Crippen molar-refractivity contribution in [2.75, 3.05) is 6.54 Å². The molecule has 0 aliphatic heterocycles. The maximum absolute atomic E-state index is 12.5. The van der Waals surface area contributed by atoms with Crippen molar-refractivity contribution in [2.45, 2.75) is 83.9 Å². The molecule has 2 rings (SSSR count). The lowest BCUT2D eigenvalue weighted by Crippen LogP contribution is -2.50. The number of rotatable bonds is 4. The van der Waals surface area contributed by atoms with Crippen molar-refractivity contribution in [2.24, 2.45) is 17.6 Å². The third-order valence-electron chi connectivity index (χ3n) is 5.05. The number of amides is 1. The minimum Gasteiger partial charge on any atom is -0.459 e. The van der Waals surface area contributed by atoms with E-state index in [4.69, 9.17) is 10.5 Å². The highest BCUT2D eigenvalue weighted by atomic mass is 16.6. The highest BCUT2D eigenvalue weighted by Gasteiger charge is 2.40. The van der Waals surface area contributed by atoms with Gasteiger partial charge >= 0.3 is 5.97 Å². The Morgan fingerprint density at radius 2 is 1.70 bits per heavy atom. The van der Waals surface area contributed by atoms with E-state index in [0.717, 1.165) is 12.8 Å². The summed E-state index contributed by atoms with van der Waals surface area (Å²) in [5, 5.41) is 0. The zero-order chi connectivity index (χ0) is 17.2. The van der Waals surface area contributed by atoms with Crippen molar-refractivity contribution in [1.82, 2.24) is 4.90 Å². The van der Waals surface area contributed by atoms with Crippen molar-refractivity contribution in [3.63, 3.8) is 0 Å². The van der Waals surface area contributed by atoms with Crippen molar-refractivity contribution in [3.05, 3.63) is 0 Å². The van der Waals surface area contributed by atoms with Crippen LogP contribution >= 0.6 is 0 Å². The summed E-state index contributed by atoms with van der Waals surface area (Å²) in [4.78, 5) is 26.4. The molecule has 132 valence electrons. The summed E-state index contributed by atoms with van der Waals surface area (Å²) in [6, 6.07) is -0.450. The van der Waals surface area contributed by atoms with E-state index < -0.39 is 11.6 Å². The first-order chi connectivity index (χ1) is 10.7. The molecule has 23 heavy (non-hydrogen) atoms.